The van der Waals surface area contributed by atoms with Gasteiger partial charge in [0.05, 0.1) is 12.3 Å². The second-order valence-electron chi connectivity index (χ2n) is 7.04. The maximum absolute atomic E-state index is 12.4. The van der Waals surface area contributed by atoms with Gasteiger partial charge in [-0.1, -0.05) is 0 Å². The van der Waals surface area contributed by atoms with E-state index in [9.17, 15) is 13.2 Å². The molecule has 2 aromatic rings. The predicted molar refractivity (Wildman–Crippen MR) is 111 cm³/mol. The van der Waals surface area contributed by atoms with E-state index in [0.29, 0.717) is 26.2 Å². The molecule has 1 saturated heterocycles. The zero-order valence-corrected chi connectivity index (χ0v) is 16.7. The van der Waals surface area contributed by atoms with Gasteiger partial charge in [-0.2, -0.15) is 13.2 Å². The Morgan fingerprint density at radius 2 is 1.76 bits per heavy atom. The van der Waals surface area contributed by atoms with Gasteiger partial charge in [0.2, 0.25) is 0 Å². The Hall–Kier alpha value is -2.26. The van der Waals surface area contributed by atoms with Gasteiger partial charge in [-0.25, -0.2) is 4.98 Å². The van der Waals surface area contributed by atoms with E-state index in [0.717, 1.165) is 22.9 Å². The van der Waals surface area contributed by atoms with Crippen LogP contribution in [0.1, 0.15) is 12.0 Å². The Labute approximate surface area is 172 Å². The summed E-state index contributed by atoms with van der Waals surface area (Å²) >= 11 is 1.75. The number of aromatic nitrogens is 2. The van der Waals surface area contributed by atoms with Gasteiger partial charge in [-0.15, -0.1) is 11.8 Å². The lowest BCUT2D eigenvalue weighted by molar-refractivity contribution is -0.138. The molecule has 2 aliphatic rings. The fourth-order valence-corrected chi connectivity index (χ4v) is 4.43. The summed E-state index contributed by atoms with van der Waals surface area (Å²) in [5.41, 5.74) is 2.19. The first kappa shape index (κ1) is 20.0. The third-order valence-electron chi connectivity index (χ3n) is 5.07. The van der Waals surface area contributed by atoms with Crippen LogP contribution in [0.3, 0.4) is 0 Å². The maximum atomic E-state index is 12.4. The Morgan fingerprint density at radius 1 is 1.00 bits per heavy atom. The summed E-state index contributed by atoms with van der Waals surface area (Å²) in [6.07, 6.45) is 2.63. The number of halogens is 3. The molecular formula is C20H22F3N5S. The zero-order valence-electron chi connectivity index (χ0n) is 15.8. The summed E-state index contributed by atoms with van der Waals surface area (Å²) in [4.78, 5) is 16.0. The van der Waals surface area contributed by atoms with Crippen molar-refractivity contribution in [3.05, 3.63) is 54.6 Å². The van der Waals surface area contributed by atoms with Crippen LogP contribution in [0, 0.1) is 0 Å². The van der Waals surface area contributed by atoms with Crippen molar-refractivity contribution in [3.63, 3.8) is 0 Å². The van der Waals surface area contributed by atoms with Gasteiger partial charge in [0.1, 0.15) is 5.82 Å². The summed E-state index contributed by atoms with van der Waals surface area (Å²) in [6.45, 7) is 2.79. The van der Waals surface area contributed by atoms with Crippen LogP contribution in [0.2, 0.25) is 0 Å². The number of nitrogens with zero attached hydrogens (tertiary/aromatic N) is 5. The summed E-state index contributed by atoms with van der Waals surface area (Å²) < 4.78 is 37.3. The van der Waals surface area contributed by atoms with Gasteiger partial charge in [0, 0.05) is 74.2 Å². The Bertz CT molecular complexity index is 851. The molecule has 5 nitrogen and oxygen atoms in total. The molecule has 0 bridgehead atoms. The van der Waals surface area contributed by atoms with Gasteiger partial charge < -0.3 is 9.80 Å². The number of pyridine rings is 2. The largest absolute Gasteiger partial charge is 0.390 e. The minimum atomic E-state index is -4.09. The molecular weight excluding hydrogens is 399 g/mol. The van der Waals surface area contributed by atoms with Crippen molar-refractivity contribution >= 4 is 28.2 Å². The summed E-state index contributed by atoms with van der Waals surface area (Å²) in [5.74, 6) is 1.66. The molecule has 1 fully saturated rings. The van der Waals surface area contributed by atoms with Gasteiger partial charge in [-0.05, 0) is 23.8 Å². The monoisotopic (exact) mass is 421 g/mol. The van der Waals surface area contributed by atoms with Crippen molar-refractivity contribution < 1.29 is 13.2 Å². The Morgan fingerprint density at radius 3 is 2.48 bits per heavy atom. The van der Waals surface area contributed by atoms with Crippen LogP contribution < -0.4 is 9.80 Å². The number of thioether (sulfide) groups is 1. The van der Waals surface area contributed by atoms with E-state index < -0.39 is 12.6 Å². The van der Waals surface area contributed by atoms with E-state index in [1.807, 2.05) is 23.1 Å². The minimum Gasteiger partial charge on any atom is -0.369 e. The van der Waals surface area contributed by atoms with Crippen molar-refractivity contribution in [1.82, 2.24) is 14.9 Å². The van der Waals surface area contributed by atoms with Gasteiger partial charge >= 0.3 is 6.18 Å². The second kappa shape index (κ2) is 8.62. The highest BCUT2D eigenvalue weighted by Gasteiger charge is 2.29. The molecule has 0 N–H and O–H groups in total. The van der Waals surface area contributed by atoms with Crippen LogP contribution in [-0.4, -0.2) is 59.6 Å². The molecule has 0 saturated carbocycles. The van der Waals surface area contributed by atoms with Crippen molar-refractivity contribution in [3.8, 4) is 0 Å². The van der Waals surface area contributed by atoms with Crippen molar-refractivity contribution in [2.45, 2.75) is 12.6 Å². The molecule has 0 radical (unpaired) electrons. The SMILES string of the molecule is FC(F)(F)CCN1CCN(c2ccnc(N3C=C(c4ccncc4)SC3)c2)CC1. The molecule has 0 amide bonds. The summed E-state index contributed by atoms with van der Waals surface area (Å²) in [7, 11) is 0. The highest BCUT2D eigenvalue weighted by atomic mass is 32.2. The maximum Gasteiger partial charge on any atom is 0.390 e. The zero-order chi connectivity index (χ0) is 20.3. The van der Waals surface area contributed by atoms with E-state index in [1.54, 1.807) is 30.4 Å². The molecule has 2 aromatic heterocycles. The number of hydrogen-bond donors (Lipinski definition) is 0. The van der Waals surface area contributed by atoms with Gasteiger partial charge in [0.25, 0.3) is 0 Å². The standard InChI is InChI=1S/C20H22F3N5S/c21-20(22,23)4-8-26-9-11-27(12-10-26)17-3-7-25-19(13-17)28-14-18(29-15-28)16-1-5-24-6-2-16/h1-3,5-7,13-14H,4,8-12,15H2. The molecule has 4 heterocycles. The highest BCUT2D eigenvalue weighted by molar-refractivity contribution is 8.08. The summed E-state index contributed by atoms with van der Waals surface area (Å²) in [5, 5.41) is 0. The van der Waals surface area contributed by atoms with Gasteiger partial charge in [0.15, 0.2) is 0 Å². The van der Waals surface area contributed by atoms with Crippen LogP contribution in [-0.2, 0) is 0 Å². The number of alkyl halides is 3. The van der Waals surface area contributed by atoms with Crippen LogP contribution >= 0.6 is 11.8 Å². The van der Waals surface area contributed by atoms with E-state index in [2.05, 4.69) is 32.0 Å². The lowest BCUT2D eigenvalue weighted by Gasteiger charge is -2.36. The number of piperazine rings is 1. The molecule has 154 valence electrons. The first-order valence-corrected chi connectivity index (χ1v) is 10.5. The number of anilines is 2. The van der Waals surface area contributed by atoms with Crippen molar-refractivity contribution in [2.24, 2.45) is 0 Å². The third-order valence-corrected chi connectivity index (χ3v) is 6.13. The van der Waals surface area contributed by atoms with E-state index in [4.69, 9.17) is 0 Å². The molecule has 0 aromatic carbocycles. The smallest absolute Gasteiger partial charge is 0.369 e. The van der Waals surface area contributed by atoms with E-state index >= 15 is 0 Å². The molecule has 0 unspecified atom stereocenters. The minimum absolute atomic E-state index is 0.0759. The quantitative estimate of drug-likeness (QED) is 0.725. The van der Waals surface area contributed by atoms with Crippen LogP contribution in [0.15, 0.2) is 49.1 Å². The van der Waals surface area contributed by atoms with Crippen LogP contribution in [0.5, 0.6) is 0 Å². The molecule has 4 rings (SSSR count). The first-order chi connectivity index (χ1) is 14.0. The molecule has 0 aliphatic carbocycles. The van der Waals surface area contributed by atoms with E-state index in [-0.39, 0.29) is 6.54 Å². The van der Waals surface area contributed by atoms with Gasteiger partial charge in [-0.3, -0.25) is 9.88 Å². The molecule has 29 heavy (non-hydrogen) atoms. The third kappa shape index (κ3) is 5.22. The van der Waals surface area contributed by atoms with Crippen molar-refractivity contribution in [2.75, 3.05) is 48.4 Å². The van der Waals surface area contributed by atoms with Crippen LogP contribution in [0.4, 0.5) is 24.7 Å². The topological polar surface area (TPSA) is 35.5 Å². The first-order valence-electron chi connectivity index (χ1n) is 9.50. The fraction of sp³-hybridized carbons (Fsp3) is 0.400. The summed E-state index contributed by atoms with van der Waals surface area (Å²) in [6, 6.07) is 8.00. The lowest BCUT2D eigenvalue weighted by Crippen LogP contribution is -2.47. The highest BCUT2D eigenvalue weighted by Crippen LogP contribution is 2.36. The normalized spacial score (nSPS) is 18.2. The molecule has 2 aliphatic heterocycles. The van der Waals surface area contributed by atoms with Crippen molar-refractivity contribution in [1.29, 1.82) is 0 Å². The fourth-order valence-electron chi connectivity index (χ4n) is 3.44. The molecule has 9 heteroatoms. The Kier molecular flexibility index (Phi) is 5.96. The lowest BCUT2D eigenvalue weighted by atomic mass is 10.2. The molecule has 0 spiro atoms. The van der Waals surface area contributed by atoms with Crippen LogP contribution in [0.25, 0.3) is 4.91 Å². The average Bonchev–Trinajstić information content (AvgIpc) is 3.23. The second-order valence-corrected chi connectivity index (χ2v) is 8.03. The Balaban J connectivity index is 1.38. The average molecular weight is 421 g/mol. The van der Waals surface area contributed by atoms with E-state index in [1.165, 1.54) is 4.91 Å². The predicted octanol–water partition coefficient (Wildman–Crippen LogP) is 4.06. The number of rotatable bonds is 5. The molecule has 0 atom stereocenters. The number of hydrogen-bond acceptors (Lipinski definition) is 6.